The number of nitro groups is 1. The van der Waals surface area contributed by atoms with Crippen LogP contribution >= 0.6 is 12.4 Å². The number of piperazine rings is 1. The highest BCUT2D eigenvalue weighted by atomic mass is 35.5. The molecule has 1 fully saturated rings. The molecule has 1 saturated heterocycles. The van der Waals surface area contributed by atoms with E-state index >= 15 is 0 Å². The number of halogens is 1. The minimum atomic E-state index is -3.44. The van der Waals surface area contributed by atoms with E-state index in [1.54, 1.807) is 6.07 Å². The van der Waals surface area contributed by atoms with Crippen LogP contribution in [-0.2, 0) is 9.84 Å². The molecule has 1 aromatic rings. The SMILES string of the molecule is CCS(=O)(=O)c1ccc(N2CCN(C)CC2)c([N+](=O)[O-])c1.Cl. The van der Waals surface area contributed by atoms with Gasteiger partial charge < -0.3 is 9.80 Å². The molecule has 1 aliphatic heterocycles. The molecule has 2 rings (SSSR count). The lowest BCUT2D eigenvalue weighted by Gasteiger charge is -2.33. The van der Waals surface area contributed by atoms with Gasteiger partial charge in [-0.05, 0) is 19.2 Å². The molecule has 0 unspecified atom stereocenters. The highest BCUT2D eigenvalue weighted by molar-refractivity contribution is 7.91. The normalized spacial score (nSPS) is 16.2. The van der Waals surface area contributed by atoms with Crippen molar-refractivity contribution in [3.8, 4) is 0 Å². The molecular formula is C13H20ClN3O4S. The Hall–Kier alpha value is -1.38. The molecule has 0 amide bonds. The van der Waals surface area contributed by atoms with Crippen molar-refractivity contribution in [1.82, 2.24) is 4.90 Å². The molecule has 0 saturated carbocycles. The predicted octanol–water partition coefficient (Wildman–Crippen LogP) is 1.56. The van der Waals surface area contributed by atoms with Crippen LogP contribution in [-0.4, -0.2) is 57.2 Å². The van der Waals surface area contributed by atoms with Crippen molar-refractivity contribution in [3.05, 3.63) is 28.3 Å². The fourth-order valence-electron chi connectivity index (χ4n) is 2.32. The summed E-state index contributed by atoms with van der Waals surface area (Å²) < 4.78 is 23.7. The third-order valence-corrected chi connectivity index (χ3v) is 5.46. The van der Waals surface area contributed by atoms with Gasteiger partial charge in [0.15, 0.2) is 9.84 Å². The van der Waals surface area contributed by atoms with Gasteiger partial charge >= 0.3 is 0 Å². The number of benzene rings is 1. The largest absolute Gasteiger partial charge is 0.363 e. The first-order valence-electron chi connectivity index (χ1n) is 6.80. The zero-order valence-electron chi connectivity index (χ0n) is 12.6. The summed E-state index contributed by atoms with van der Waals surface area (Å²) in [5.41, 5.74) is 0.345. The maximum atomic E-state index is 11.9. The van der Waals surface area contributed by atoms with Crippen LogP contribution in [0.1, 0.15) is 6.92 Å². The minimum absolute atomic E-state index is 0. The van der Waals surface area contributed by atoms with Crippen LogP contribution in [0.2, 0.25) is 0 Å². The number of likely N-dealkylation sites (N-methyl/N-ethyl adjacent to an activating group) is 1. The Morgan fingerprint density at radius 3 is 2.32 bits per heavy atom. The van der Waals surface area contributed by atoms with Crippen LogP contribution in [0, 0.1) is 10.1 Å². The van der Waals surface area contributed by atoms with Gasteiger partial charge in [0.2, 0.25) is 0 Å². The average Bonchev–Trinajstić information content (AvgIpc) is 2.47. The van der Waals surface area contributed by atoms with Gasteiger partial charge in [0.05, 0.1) is 15.6 Å². The molecule has 0 spiro atoms. The van der Waals surface area contributed by atoms with Gasteiger partial charge in [-0.2, -0.15) is 0 Å². The second-order valence-electron chi connectivity index (χ2n) is 5.10. The molecule has 9 heteroatoms. The monoisotopic (exact) mass is 349 g/mol. The maximum Gasteiger partial charge on any atom is 0.293 e. The fourth-order valence-corrected chi connectivity index (χ4v) is 3.22. The van der Waals surface area contributed by atoms with Gasteiger partial charge in [0.25, 0.3) is 5.69 Å². The Balaban J connectivity index is 0.00000242. The Labute approximate surface area is 136 Å². The Morgan fingerprint density at radius 1 is 1.23 bits per heavy atom. The van der Waals surface area contributed by atoms with Crippen LogP contribution in [0.25, 0.3) is 0 Å². The van der Waals surface area contributed by atoms with Crippen molar-refractivity contribution >= 4 is 33.6 Å². The predicted molar refractivity (Wildman–Crippen MR) is 87.8 cm³/mol. The smallest absolute Gasteiger partial charge is 0.293 e. The van der Waals surface area contributed by atoms with Crippen molar-refractivity contribution in [2.45, 2.75) is 11.8 Å². The van der Waals surface area contributed by atoms with Crippen LogP contribution in [0.5, 0.6) is 0 Å². The molecule has 0 bridgehead atoms. The van der Waals surface area contributed by atoms with E-state index < -0.39 is 14.8 Å². The Bertz CT molecular complexity index is 643. The standard InChI is InChI=1S/C13H19N3O4S.ClH/c1-3-21(19,20)11-4-5-12(13(10-11)16(17)18)15-8-6-14(2)7-9-15;/h4-5,10H,3,6-9H2,1-2H3;1H. The van der Waals surface area contributed by atoms with Gasteiger partial charge in [0.1, 0.15) is 5.69 Å². The molecule has 0 radical (unpaired) electrons. The van der Waals surface area contributed by atoms with E-state index in [9.17, 15) is 18.5 Å². The lowest BCUT2D eigenvalue weighted by atomic mass is 10.2. The molecule has 0 atom stereocenters. The summed E-state index contributed by atoms with van der Waals surface area (Å²) in [4.78, 5) is 14.8. The summed E-state index contributed by atoms with van der Waals surface area (Å²) in [7, 11) is -1.44. The summed E-state index contributed by atoms with van der Waals surface area (Å²) in [6.45, 7) is 4.56. The molecular weight excluding hydrogens is 330 g/mol. The third kappa shape index (κ3) is 3.88. The van der Waals surface area contributed by atoms with Gasteiger partial charge in [-0.3, -0.25) is 10.1 Å². The first-order chi connectivity index (χ1) is 9.85. The van der Waals surface area contributed by atoms with E-state index in [0.717, 1.165) is 13.1 Å². The molecule has 0 N–H and O–H groups in total. The highest BCUT2D eigenvalue weighted by Crippen LogP contribution is 2.31. The van der Waals surface area contributed by atoms with Gasteiger partial charge in [-0.15, -0.1) is 12.4 Å². The summed E-state index contributed by atoms with van der Waals surface area (Å²) in [6, 6.07) is 4.18. The number of nitrogens with zero attached hydrogens (tertiary/aromatic N) is 3. The number of sulfone groups is 1. The van der Waals surface area contributed by atoms with Crippen LogP contribution in [0.4, 0.5) is 11.4 Å². The Kier molecular flexibility index (Phi) is 6.16. The second kappa shape index (κ2) is 7.26. The van der Waals surface area contributed by atoms with Crippen molar-refractivity contribution in [3.63, 3.8) is 0 Å². The molecule has 0 aromatic heterocycles. The molecule has 0 aliphatic carbocycles. The lowest BCUT2D eigenvalue weighted by Crippen LogP contribution is -2.44. The van der Waals surface area contributed by atoms with Crippen molar-refractivity contribution in [2.24, 2.45) is 0 Å². The van der Waals surface area contributed by atoms with E-state index in [1.165, 1.54) is 19.1 Å². The lowest BCUT2D eigenvalue weighted by molar-refractivity contribution is -0.384. The van der Waals surface area contributed by atoms with Crippen molar-refractivity contribution in [1.29, 1.82) is 0 Å². The Morgan fingerprint density at radius 2 is 1.82 bits per heavy atom. The van der Waals surface area contributed by atoms with E-state index in [2.05, 4.69) is 4.90 Å². The van der Waals surface area contributed by atoms with Crippen LogP contribution in [0.15, 0.2) is 23.1 Å². The summed E-state index contributed by atoms with van der Waals surface area (Å²) in [6.07, 6.45) is 0. The zero-order valence-corrected chi connectivity index (χ0v) is 14.2. The number of anilines is 1. The number of nitro benzene ring substituents is 1. The first kappa shape index (κ1) is 18.7. The van der Waals surface area contributed by atoms with E-state index in [0.29, 0.717) is 18.8 Å². The average molecular weight is 350 g/mol. The van der Waals surface area contributed by atoms with Gasteiger partial charge in [-0.1, -0.05) is 6.92 Å². The van der Waals surface area contributed by atoms with Crippen LogP contribution in [0.3, 0.4) is 0 Å². The highest BCUT2D eigenvalue weighted by Gasteiger charge is 2.25. The quantitative estimate of drug-likeness (QED) is 0.606. The number of hydrogen-bond acceptors (Lipinski definition) is 6. The van der Waals surface area contributed by atoms with Crippen LogP contribution < -0.4 is 4.90 Å². The van der Waals surface area contributed by atoms with E-state index in [-0.39, 0.29) is 28.7 Å². The topological polar surface area (TPSA) is 83.8 Å². The summed E-state index contributed by atoms with van der Waals surface area (Å²) in [5.74, 6) is -0.0714. The number of rotatable bonds is 4. The number of hydrogen-bond donors (Lipinski definition) is 0. The third-order valence-electron chi connectivity index (χ3n) is 3.73. The first-order valence-corrected chi connectivity index (χ1v) is 8.45. The molecule has 1 aliphatic rings. The summed E-state index contributed by atoms with van der Waals surface area (Å²) in [5, 5.41) is 11.3. The molecule has 22 heavy (non-hydrogen) atoms. The minimum Gasteiger partial charge on any atom is -0.363 e. The molecule has 124 valence electrons. The summed E-state index contributed by atoms with van der Waals surface area (Å²) >= 11 is 0. The van der Waals surface area contributed by atoms with Crippen molar-refractivity contribution in [2.75, 3.05) is 43.9 Å². The van der Waals surface area contributed by atoms with E-state index in [4.69, 9.17) is 0 Å². The fraction of sp³-hybridized carbons (Fsp3) is 0.538. The maximum absolute atomic E-state index is 11.9. The molecule has 1 aromatic carbocycles. The molecule has 7 nitrogen and oxygen atoms in total. The van der Waals surface area contributed by atoms with E-state index in [1.807, 2.05) is 11.9 Å². The second-order valence-corrected chi connectivity index (χ2v) is 7.38. The molecule has 1 heterocycles. The van der Waals surface area contributed by atoms with Gasteiger partial charge in [-0.25, -0.2) is 8.42 Å². The van der Waals surface area contributed by atoms with Gasteiger partial charge in [0, 0.05) is 32.2 Å². The zero-order chi connectivity index (χ0) is 15.6. The van der Waals surface area contributed by atoms with Crippen molar-refractivity contribution < 1.29 is 13.3 Å².